The van der Waals surface area contributed by atoms with Crippen LogP contribution in [0.2, 0.25) is 0 Å². The molecule has 1 atom stereocenters. The predicted octanol–water partition coefficient (Wildman–Crippen LogP) is 1.58. The van der Waals surface area contributed by atoms with Crippen LogP contribution in [0, 0.1) is 10.1 Å². The summed E-state index contributed by atoms with van der Waals surface area (Å²) in [5.41, 5.74) is 6.15. The summed E-state index contributed by atoms with van der Waals surface area (Å²) >= 11 is 0. The van der Waals surface area contributed by atoms with Gasteiger partial charge in [0.2, 0.25) is 0 Å². The first-order chi connectivity index (χ1) is 7.00. The van der Waals surface area contributed by atoms with Crippen molar-refractivity contribution in [3.63, 3.8) is 0 Å². The Bertz CT molecular complexity index is 364. The summed E-state index contributed by atoms with van der Waals surface area (Å²) in [5.74, 6) is -0.301. The number of nitrogens with two attached hydrogens (primary N) is 1. The molecule has 0 aliphatic carbocycles. The highest BCUT2D eigenvalue weighted by atomic mass is 16.6. The normalized spacial score (nSPS) is 12.4. The lowest BCUT2D eigenvalue weighted by Crippen LogP contribution is -2.15. The van der Waals surface area contributed by atoms with Crippen LogP contribution in [0.4, 0.5) is 5.69 Å². The predicted molar refractivity (Wildman–Crippen MR) is 56.7 cm³/mol. The van der Waals surface area contributed by atoms with Crippen LogP contribution in [-0.2, 0) is 6.42 Å². The molecule has 1 aromatic carbocycles. The molecule has 82 valence electrons. The van der Waals surface area contributed by atoms with E-state index in [9.17, 15) is 15.2 Å². The van der Waals surface area contributed by atoms with Crippen LogP contribution in [0.5, 0.6) is 5.75 Å². The van der Waals surface area contributed by atoms with Gasteiger partial charge in [0.15, 0.2) is 5.75 Å². The minimum atomic E-state index is -0.593. The number of phenolic OH excluding ortho intramolecular Hbond substituents is 1. The smallest absolute Gasteiger partial charge is 0.310 e. The number of hydrogen-bond donors (Lipinski definition) is 2. The standard InChI is InChI=1S/C10H14N2O3/c1-7(11)2-3-8-4-5-10(13)9(6-8)12(14)15/h4-7,13H,2-3,11H2,1H3/t7-/m0/s1. The summed E-state index contributed by atoms with van der Waals surface area (Å²) < 4.78 is 0. The molecule has 1 aromatic rings. The lowest BCUT2D eigenvalue weighted by molar-refractivity contribution is -0.385. The third kappa shape index (κ3) is 3.21. The van der Waals surface area contributed by atoms with Crippen LogP contribution in [0.25, 0.3) is 0 Å². The molecule has 0 bridgehead atoms. The van der Waals surface area contributed by atoms with Gasteiger partial charge in [-0.1, -0.05) is 6.07 Å². The van der Waals surface area contributed by atoms with Gasteiger partial charge in [-0.2, -0.15) is 0 Å². The molecule has 0 aliphatic rings. The molecular weight excluding hydrogens is 196 g/mol. The van der Waals surface area contributed by atoms with Gasteiger partial charge >= 0.3 is 5.69 Å². The average molecular weight is 210 g/mol. The van der Waals surface area contributed by atoms with Crippen LogP contribution >= 0.6 is 0 Å². The SMILES string of the molecule is C[C@H](N)CCc1ccc(O)c([N+](=O)[O-])c1. The first kappa shape index (κ1) is 11.5. The van der Waals surface area contributed by atoms with Crippen molar-refractivity contribution >= 4 is 5.69 Å². The molecule has 0 amide bonds. The van der Waals surface area contributed by atoms with Crippen molar-refractivity contribution in [3.8, 4) is 5.75 Å². The van der Waals surface area contributed by atoms with Gasteiger partial charge < -0.3 is 10.8 Å². The van der Waals surface area contributed by atoms with Crippen LogP contribution in [0.1, 0.15) is 18.9 Å². The molecule has 0 aromatic heterocycles. The van der Waals surface area contributed by atoms with Gasteiger partial charge in [0.25, 0.3) is 0 Å². The van der Waals surface area contributed by atoms with Gasteiger partial charge in [-0.15, -0.1) is 0 Å². The summed E-state index contributed by atoms with van der Waals surface area (Å²) in [6.45, 7) is 1.88. The van der Waals surface area contributed by atoms with E-state index in [0.29, 0.717) is 6.42 Å². The molecule has 3 N–H and O–H groups in total. The zero-order valence-electron chi connectivity index (χ0n) is 8.51. The van der Waals surface area contributed by atoms with Gasteiger partial charge in [0.05, 0.1) is 4.92 Å². The van der Waals surface area contributed by atoms with Gasteiger partial charge in [-0.05, 0) is 31.4 Å². The fraction of sp³-hybridized carbons (Fsp3) is 0.400. The summed E-state index contributed by atoms with van der Waals surface area (Å²) in [5, 5.41) is 19.7. The van der Waals surface area contributed by atoms with E-state index in [4.69, 9.17) is 5.73 Å². The van der Waals surface area contributed by atoms with E-state index in [0.717, 1.165) is 12.0 Å². The largest absolute Gasteiger partial charge is 0.502 e. The maximum atomic E-state index is 10.5. The fourth-order valence-corrected chi connectivity index (χ4v) is 1.27. The number of aryl methyl sites for hydroxylation is 1. The fourth-order valence-electron chi connectivity index (χ4n) is 1.27. The Morgan fingerprint density at radius 2 is 2.27 bits per heavy atom. The number of nitro benzene ring substituents is 1. The van der Waals surface area contributed by atoms with Crippen molar-refractivity contribution in [3.05, 3.63) is 33.9 Å². The number of aromatic hydroxyl groups is 1. The second kappa shape index (κ2) is 4.75. The maximum Gasteiger partial charge on any atom is 0.310 e. The Labute approximate surface area is 87.7 Å². The van der Waals surface area contributed by atoms with Crippen molar-refractivity contribution in [2.75, 3.05) is 0 Å². The van der Waals surface area contributed by atoms with Crippen LogP contribution in [0.3, 0.4) is 0 Å². The molecule has 0 saturated heterocycles. The molecule has 5 heteroatoms. The minimum absolute atomic E-state index is 0.0675. The zero-order valence-corrected chi connectivity index (χ0v) is 8.51. The third-order valence-corrected chi connectivity index (χ3v) is 2.12. The highest BCUT2D eigenvalue weighted by molar-refractivity contribution is 5.47. The van der Waals surface area contributed by atoms with Gasteiger partial charge in [-0.3, -0.25) is 10.1 Å². The quantitative estimate of drug-likeness (QED) is 0.583. The van der Waals surface area contributed by atoms with E-state index < -0.39 is 4.92 Å². The summed E-state index contributed by atoms with van der Waals surface area (Å²) in [6, 6.07) is 4.47. The Hall–Kier alpha value is -1.62. The number of nitro groups is 1. The molecule has 0 radical (unpaired) electrons. The Balaban J connectivity index is 2.83. The first-order valence-electron chi connectivity index (χ1n) is 4.72. The molecule has 0 unspecified atom stereocenters. The molecule has 15 heavy (non-hydrogen) atoms. The zero-order chi connectivity index (χ0) is 11.4. The molecule has 1 rings (SSSR count). The monoisotopic (exact) mass is 210 g/mol. The molecular formula is C10H14N2O3. The third-order valence-electron chi connectivity index (χ3n) is 2.12. The number of nitrogens with zero attached hydrogens (tertiary/aromatic N) is 1. The summed E-state index contributed by atoms with van der Waals surface area (Å²) in [4.78, 5) is 9.94. The van der Waals surface area contributed by atoms with Crippen LogP contribution in [0.15, 0.2) is 18.2 Å². The van der Waals surface area contributed by atoms with Crippen molar-refractivity contribution in [1.29, 1.82) is 0 Å². The number of phenols is 1. The van der Waals surface area contributed by atoms with E-state index in [2.05, 4.69) is 0 Å². The van der Waals surface area contributed by atoms with E-state index >= 15 is 0 Å². The van der Waals surface area contributed by atoms with Gasteiger partial charge in [0.1, 0.15) is 0 Å². The topological polar surface area (TPSA) is 89.4 Å². The highest BCUT2D eigenvalue weighted by Crippen LogP contribution is 2.26. The number of hydrogen-bond acceptors (Lipinski definition) is 4. The lowest BCUT2D eigenvalue weighted by atomic mass is 10.1. The van der Waals surface area contributed by atoms with E-state index in [1.807, 2.05) is 6.92 Å². The second-order valence-corrected chi connectivity index (χ2v) is 3.60. The molecule has 0 spiro atoms. The minimum Gasteiger partial charge on any atom is -0.502 e. The van der Waals surface area contributed by atoms with Crippen molar-refractivity contribution in [1.82, 2.24) is 0 Å². The summed E-state index contributed by atoms with van der Waals surface area (Å²) in [6.07, 6.45) is 1.45. The summed E-state index contributed by atoms with van der Waals surface area (Å²) in [7, 11) is 0. The van der Waals surface area contributed by atoms with Crippen LogP contribution in [-0.4, -0.2) is 16.1 Å². The Kier molecular flexibility index (Phi) is 3.62. The lowest BCUT2D eigenvalue weighted by Gasteiger charge is -2.05. The molecule has 0 heterocycles. The average Bonchev–Trinajstić information content (AvgIpc) is 2.16. The Morgan fingerprint density at radius 3 is 2.80 bits per heavy atom. The van der Waals surface area contributed by atoms with Crippen molar-refractivity contribution < 1.29 is 10.0 Å². The maximum absolute atomic E-state index is 10.5. The molecule has 0 aliphatic heterocycles. The Morgan fingerprint density at radius 1 is 1.60 bits per heavy atom. The van der Waals surface area contributed by atoms with Gasteiger partial charge in [-0.25, -0.2) is 0 Å². The molecule has 5 nitrogen and oxygen atoms in total. The van der Waals surface area contributed by atoms with Crippen LogP contribution < -0.4 is 5.73 Å². The van der Waals surface area contributed by atoms with E-state index in [-0.39, 0.29) is 17.5 Å². The molecule has 0 fully saturated rings. The highest BCUT2D eigenvalue weighted by Gasteiger charge is 2.13. The number of benzene rings is 1. The van der Waals surface area contributed by atoms with Crippen molar-refractivity contribution in [2.24, 2.45) is 5.73 Å². The second-order valence-electron chi connectivity index (χ2n) is 3.60. The van der Waals surface area contributed by atoms with Gasteiger partial charge in [0, 0.05) is 12.1 Å². The van der Waals surface area contributed by atoms with Crippen molar-refractivity contribution in [2.45, 2.75) is 25.8 Å². The van der Waals surface area contributed by atoms with E-state index in [1.165, 1.54) is 12.1 Å². The van der Waals surface area contributed by atoms with E-state index in [1.54, 1.807) is 6.07 Å². The first-order valence-corrected chi connectivity index (χ1v) is 4.72. The molecule has 0 saturated carbocycles. The number of rotatable bonds is 4.